The van der Waals surface area contributed by atoms with Crippen molar-refractivity contribution in [3.63, 3.8) is 0 Å². The number of hydrogen-bond donors (Lipinski definition) is 2. The first-order valence-electron chi connectivity index (χ1n) is 5.84. The maximum Gasteiger partial charge on any atom is 0.271 e. The van der Waals surface area contributed by atoms with Crippen LogP contribution in [0.25, 0.3) is 0 Å². The molecule has 0 unspecified atom stereocenters. The second kappa shape index (κ2) is 5.82. The second-order valence-electron chi connectivity index (χ2n) is 4.16. The van der Waals surface area contributed by atoms with Crippen LogP contribution < -0.4 is 5.43 Å². The maximum absolute atomic E-state index is 11.7. The van der Waals surface area contributed by atoms with Gasteiger partial charge in [-0.15, -0.1) is 0 Å². The minimum absolute atomic E-state index is 0.125. The number of carbonyl (C=O) groups excluding carboxylic acids is 1. The van der Waals surface area contributed by atoms with Gasteiger partial charge in [-0.05, 0) is 36.8 Å². The van der Waals surface area contributed by atoms with Crippen molar-refractivity contribution in [3.05, 3.63) is 65.2 Å². The van der Waals surface area contributed by atoms with Crippen LogP contribution in [0.5, 0.6) is 5.75 Å². The number of benzene rings is 2. The minimum Gasteiger partial charge on any atom is -0.508 e. The SMILES string of the molecule is Cc1cccc(/C=N\NC(=O)c2ccc(O)cc2)c1. The molecule has 0 aliphatic heterocycles. The lowest BCUT2D eigenvalue weighted by atomic mass is 10.2. The summed E-state index contributed by atoms with van der Waals surface area (Å²) in [5, 5.41) is 13.0. The molecule has 0 bridgehead atoms. The van der Waals surface area contributed by atoms with Gasteiger partial charge >= 0.3 is 0 Å². The molecule has 2 aromatic carbocycles. The van der Waals surface area contributed by atoms with Crippen LogP contribution in [0, 0.1) is 6.92 Å². The Bertz CT molecular complexity index is 604. The Balaban J connectivity index is 1.98. The third-order valence-corrected chi connectivity index (χ3v) is 2.55. The van der Waals surface area contributed by atoms with E-state index in [0.717, 1.165) is 11.1 Å². The lowest BCUT2D eigenvalue weighted by Crippen LogP contribution is -2.17. The molecule has 0 saturated heterocycles. The van der Waals surface area contributed by atoms with E-state index < -0.39 is 0 Å². The van der Waals surface area contributed by atoms with Crippen molar-refractivity contribution in [2.24, 2.45) is 5.10 Å². The molecule has 0 aliphatic rings. The summed E-state index contributed by atoms with van der Waals surface area (Å²) >= 11 is 0. The molecule has 19 heavy (non-hydrogen) atoms. The fourth-order valence-electron chi connectivity index (χ4n) is 1.59. The summed E-state index contributed by atoms with van der Waals surface area (Å²) in [6, 6.07) is 13.8. The number of nitrogens with zero attached hydrogens (tertiary/aromatic N) is 1. The lowest BCUT2D eigenvalue weighted by Gasteiger charge is -2.00. The number of amides is 1. The Hall–Kier alpha value is -2.62. The highest BCUT2D eigenvalue weighted by molar-refractivity contribution is 5.94. The largest absolute Gasteiger partial charge is 0.508 e. The van der Waals surface area contributed by atoms with Crippen molar-refractivity contribution < 1.29 is 9.90 Å². The number of aryl methyl sites for hydroxylation is 1. The Morgan fingerprint density at radius 3 is 2.63 bits per heavy atom. The zero-order valence-electron chi connectivity index (χ0n) is 10.5. The quantitative estimate of drug-likeness (QED) is 0.653. The molecule has 0 atom stereocenters. The Morgan fingerprint density at radius 2 is 1.95 bits per heavy atom. The highest BCUT2D eigenvalue weighted by Crippen LogP contribution is 2.09. The van der Waals surface area contributed by atoms with E-state index in [4.69, 9.17) is 5.11 Å². The standard InChI is InChI=1S/C15H14N2O2/c1-11-3-2-4-12(9-11)10-16-17-15(19)13-5-7-14(18)8-6-13/h2-10,18H,1H3,(H,17,19)/b16-10-. The Morgan fingerprint density at radius 1 is 1.21 bits per heavy atom. The summed E-state index contributed by atoms with van der Waals surface area (Å²) in [6.45, 7) is 1.99. The molecule has 2 aromatic rings. The molecule has 0 radical (unpaired) electrons. The van der Waals surface area contributed by atoms with Crippen molar-refractivity contribution in [1.29, 1.82) is 0 Å². The van der Waals surface area contributed by atoms with Crippen LogP contribution >= 0.6 is 0 Å². The number of hydrogen-bond acceptors (Lipinski definition) is 3. The van der Waals surface area contributed by atoms with Crippen LogP contribution in [-0.2, 0) is 0 Å². The summed E-state index contributed by atoms with van der Waals surface area (Å²) in [6.07, 6.45) is 1.59. The van der Waals surface area contributed by atoms with Gasteiger partial charge in [0.05, 0.1) is 6.21 Å². The number of hydrazone groups is 1. The van der Waals surface area contributed by atoms with E-state index in [1.807, 2.05) is 31.2 Å². The molecule has 2 rings (SSSR count). The van der Waals surface area contributed by atoms with Gasteiger partial charge in [0.1, 0.15) is 5.75 Å². The molecular formula is C15H14N2O2. The highest BCUT2D eigenvalue weighted by atomic mass is 16.3. The fourth-order valence-corrected chi connectivity index (χ4v) is 1.59. The van der Waals surface area contributed by atoms with Crippen LogP contribution in [0.15, 0.2) is 53.6 Å². The first-order valence-corrected chi connectivity index (χ1v) is 5.84. The molecule has 2 N–H and O–H groups in total. The number of carbonyl (C=O) groups is 1. The van der Waals surface area contributed by atoms with Gasteiger partial charge in [-0.1, -0.05) is 29.8 Å². The van der Waals surface area contributed by atoms with E-state index in [0.29, 0.717) is 5.56 Å². The van der Waals surface area contributed by atoms with Crippen molar-refractivity contribution in [2.45, 2.75) is 6.92 Å². The molecule has 0 heterocycles. The molecule has 4 heteroatoms. The first kappa shape index (κ1) is 12.8. The summed E-state index contributed by atoms with van der Waals surface area (Å²) in [7, 11) is 0. The Kier molecular flexibility index (Phi) is 3.93. The predicted octanol–water partition coefficient (Wildman–Crippen LogP) is 2.46. The van der Waals surface area contributed by atoms with Crippen molar-refractivity contribution >= 4 is 12.1 Å². The van der Waals surface area contributed by atoms with Gasteiger partial charge in [0.25, 0.3) is 5.91 Å². The lowest BCUT2D eigenvalue weighted by molar-refractivity contribution is 0.0955. The third-order valence-electron chi connectivity index (χ3n) is 2.55. The number of nitrogens with one attached hydrogen (secondary N) is 1. The minimum atomic E-state index is -0.316. The summed E-state index contributed by atoms with van der Waals surface area (Å²) < 4.78 is 0. The average Bonchev–Trinajstić information content (AvgIpc) is 2.39. The second-order valence-corrected chi connectivity index (χ2v) is 4.16. The number of phenolic OH excluding ortho intramolecular Hbond substituents is 1. The summed E-state index contributed by atoms with van der Waals surface area (Å²) in [5.74, 6) is -0.191. The zero-order valence-corrected chi connectivity index (χ0v) is 10.5. The van der Waals surface area contributed by atoms with Gasteiger partial charge in [-0.3, -0.25) is 4.79 Å². The van der Waals surface area contributed by atoms with Crippen LogP contribution in [0.2, 0.25) is 0 Å². The molecule has 0 aliphatic carbocycles. The van der Waals surface area contributed by atoms with Crippen LogP contribution in [-0.4, -0.2) is 17.2 Å². The predicted molar refractivity (Wildman–Crippen MR) is 74.3 cm³/mol. The fraction of sp³-hybridized carbons (Fsp3) is 0.0667. The van der Waals surface area contributed by atoms with Gasteiger partial charge in [0.15, 0.2) is 0 Å². The zero-order chi connectivity index (χ0) is 13.7. The topological polar surface area (TPSA) is 61.7 Å². The van der Waals surface area contributed by atoms with Crippen molar-refractivity contribution in [1.82, 2.24) is 5.43 Å². The Labute approximate surface area is 111 Å². The average molecular weight is 254 g/mol. The highest BCUT2D eigenvalue weighted by Gasteiger charge is 2.02. The van der Waals surface area contributed by atoms with Gasteiger partial charge in [0.2, 0.25) is 0 Å². The number of rotatable bonds is 3. The van der Waals surface area contributed by atoms with Gasteiger partial charge in [-0.2, -0.15) is 5.10 Å². The van der Waals surface area contributed by atoms with Gasteiger partial charge in [0, 0.05) is 5.56 Å². The van der Waals surface area contributed by atoms with E-state index in [2.05, 4.69) is 10.5 Å². The van der Waals surface area contributed by atoms with E-state index in [9.17, 15) is 4.79 Å². The molecule has 96 valence electrons. The van der Waals surface area contributed by atoms with Crippen LogP contribution in [0.1, 0.15) is 21.5 Å². The molecule has 4 nitrogen and oxygen atoms in total. The van der Waals surface area contributed by atoms with Crippen LogP contribution in [0.4, 0.5) is 0 Å². The summed E-state index contributed by atoms with van der Waals surface area (Å²) in [4.78, 5) is 11.7. The first-order chi connectivity index (χ1) is 9.15. The van der Waals surface area contributed by atoms with E-state index in [1.54, 1.807) is 6.21 Å². The number of phenols is 1. The van der Waals surface area contributed by atoms with Crippen molar-refractivity contribution in [2.75, 3.05) is 0 Å². The normalized spacial score (nSPS) is 10.6. The third kappa shape index (κ3) is 3.67. The van der Waals surface area contributed by atoms with Crippen molar-refractivity contribution in [3.8, 4) is 5.75 Å². The monoisotopic (exact) mass is 254 g/mol. The van der Waals surface area contributed by atoms with E-state index in [-0.39, 0.29) is 11.7 Å². The van der Waals surface area contributed by atoms with E-state index >= 15 is 0 Å². The molecule has 1 amide bonds. The molecule has 0 fully saturated rings. The van der Waals surface area contributed by atoms with E-state index in [1.165, 1.54) is 24.3 Å². The molecular weight excluding hydrogens is 240 g/mol. The summed E-state index contributed by atoms with van der Waals surface area (Å²) in [5.41, 5.74) is 4.93. The smallest absolute Gasteiger partial charge is 0.271 e. The maximum atomic E-state index is 11.7. The van der Waals surface area contributed by atoms with Crippen LogP contribution in [0.3, 0.4) is 0 Å². The molecule has 0 saturated carbocycles. The van der Waals surface area contributed by atoms with Gasteiger partial charge in [-0.25, -0.2) is 5.43 Å². The number of aromatic hydroxyl groups is 1. The van der Waals surface area contributed by atoms with Gasteiger partial charge < -0.3 is 5.11 Å². The molecule has 0 aromatic heterocycles. The molecule has 0 spiro atoms.